The molecule has 3 amide bonds. The smallest absolute Gasteiger partial charge is 0.253 e. The van der Waals surface area contributed by atoms with Crippen molar-refractivity contribution in [3.63, 3.8) is 0 Å². The van der Waals surface area contributed by atoms with Gasteiger partial charge in [0, 0.05) is 31.5 Å². The van der Waals surface area contributed by atoms with Gasteiger partial charge in [0.05, 0.1) is 5.69 Å². The van der Waals surface area contributed by atoms with E-state index >= 15 is 0 Å². The summed E-state index contributed by atoms with van der Waals surface area (Å²) in [5.41, 5.74) is 3.72. The molecule has 6 heteroatoms. The van der Waals surface area contributed by atoms with Crippen molar-refractivity contribution in [2.24, 2.45) is 0 Å². The Labute approximate surface area is 135 Å². The van der Waals surface area contributed by atoms with Gasteiger partial charge in [-0.3, -0.25) is 19.8 Å². The number of hydrazine groups is 1. The van der Waals surface area contributed by atoms with E-state index in [1.165, 1.54) is 17.9 Å². The van der Waals surface area contributed by atoms with Crippen molar-refractivity contribution < 1.29 is 14.4 Å². The Morgan fingerprint density at radius 1 is 1.13 bits per heavy atom. The fourth-order valence-corrected chi connectivity index (χ4v) is 3.20. The summed E-state index contributed by atoms with van der Waals surface area (Å²) in [5, 5.41) is 1.25. The highest BCUT2D eigenvalue weighted by atomic mass is 16.2. The van der Waals surface area contributed by atoms with Crippen LogP contribution >= 0.6 is 0 Å². The SMILES string of the molecule is CN(C(=O)c1ccc(N2NC(=O)CCC2=O)cc1)C1CCCC1. The Morgan fingerprint density at radius 3 is 2.43 bits per heavy atom. The zero-order valence-corrected chi connectivity index (χ0v) is 13.2. The summed E-state index contributed by atoms with van der Waals surface area (Å²) < 4.78 is 0. The molecular formula is C17H21N3O3. The maximum Gasteiger partial charge on any atom is 0.253 e. The van der Waals surface area contributed by atoms with Crippen LogP contribution in [0.15, 0.2) is 24.3 Å². The van der Waals surface area contributed by atoms with Gasteiger partial charge in [-0.1, -0.05) is 12.8 Å². The minimum absolute atomic E-state index is 0.00236. The molecule has 23 heavy (non-hydrogen) atoms. The number of carbonyl (C=O) groups is 3. The van der Waals surface area contributed by atoms with Crippen molar-refractivity contribution in [3.8, 4) is 0 Å². The van der Waals surface area contributed by atoms with E-state index in [1.54, 1.807) is 24.3 Å². The Bertz CT molecular complexity index is 620. The van der Waals surface area contributed by atoms with Crippen LogP contribution in [0.1, 0.15) is 48.9 Å². The van der Waals surface area contributed by atoms with E-state index in [-0.39, 0.29) is 30.6 Å². The highest BCUT2D eigenvalue weighted by Crippen LogP contribution is 2.24. The van der Waals surface area contributed by atoms with Gasteiger partial charge in [0.15, 0.2) is 0 Å². The zero-order chi connectivity index (χ0) is 16.4. The van der Waals surface area contributed by atoms with Crippen molar-refractivity contribution in [3.05, 3.63) is 29.8 Å². The van der Waals surface area contributed by atoms with Gasteiger partial charge in [-0.2, -0.15) is 0 Å². The second-order valence-electron chi connectivity index (χ2n) is 6.17. The Balaban J connectivity index is 1.72. The average Bonchev–Trinajstić information content (AvgIpc) is 3.10. The molecule has 2 aliphatic rings. The molecular weight excluding hydrogens is 294 g/mol. The van der Waals surface area contributed by atoms with Crippen LogP contribution in [0.4, 0.5) is 5.69 Å². The maximum absolute atomic E-state index is 12.5. The van der Waals surface area contributed by atoms with Crippen LogP contribution < -0.4 is 10.4 Å². The number of benzene rings is 1. The normalized spacial score (nSPS) is 18.9. The van der Waals surface area contributed by atoms with Crippen LogP contribution in [0.5, 0.6) is 0 Å². The molecule has 2 fully saturated rings. The largest absolute Gasteiger partial charge is 0.339 e. The zero-order valence-electron chi connectivity index (χ0n) is 13.2. The predicted molar refractivity (Wildman–Crippen MR) is 85.7 cm³/mol. The molecule has 1 aliphatic carbocycles. The van der Waals surface area contributed by atoms with Crippen LogP contribution in [0.2, 0.25) is 0 Å². The molecule has 1 heterocycles. The number of nitrogens with one attached hydrogen (secondary N) is 1. The lowest BCUT2D eigenvalue weighted by atomic mass is 10.1. The molecule has 0 radical (unpaired) electrons. The third-order valence-corrected chi connectivity index (χ3v) is 4.62. The fraction of sp³-hybridized carbons (Fsp3) is 0.471. The minimum Gasteiger partial charge on any atom is -0.339 e. The quantitative estimate of drug-likeness (QED) is 0.925. The molecule has 1 saturated heterocycles. The van der Waals surface area contributed by atoms with E-state index in [4.69, 9.17) is 0 Å². The number of carbonyl (C=O) groups excluding carboxylic acids is 3. The fourth-order valence-electron chi connectivity index (χ4n) is 3.20. The van der Waals surface area contributed by atoms with Crippen LogP contribution in [-0.2, 0) is 9.59 Å². The summed E-state index contributed by atoms with van der Waals surface area (Å²) in [7, 11) is 1.85. The molecule has 1 saturated carbocycles. The first-order valence-corrected chi connectivity index (χ1v) is 8.06. The van der Waals surface area contributed by atoms with Crippen molar-refractivity contribution in [2.45, 2.75) is 44.6 Å². The summed E-state index contributed by atoms with van der Waals surface area (Å²) >= 11 is 0. The van der Waals surface area contributed by atoms with Gasteiger partial charge in [-0.05, 0) is 37.1 Å². The van der Waals surface area contributed by atoms with E-state index in [9.17, 15) is 14.4 Å². The van der Waals surface area contributed by atoms with Gasteiger partial charge in [0.1, 0.15) is 0 Å². The first kappa shape index (κ1) is 15.5. The molecule has 1 aliphatic heterocycles. The second-order valence-corrected chi connectivity index (χ2v) is 6.17. The molecule has 1 N–H and O–H groups in total. The predicted octanol–water partition coefficient (Wildman–Crippen LogP) is 1.86. The third kappa shape index (κ3) is 3.21. The number of hydrogen-bond donors (Lipinski definition) is 1. The molecule has 1 aromatic rings. The molecule has 0 atom stereocenters. The van der Waals surface area contributed by atoms with E-state index in [0.29, 0.717) is 17.3 Å². The Kier molecular flexibility index (Phi) is 4.32. The molecule has 0 aromatic heterocycles. The minimum atomic E-state index is -0.175. The number of nitrogens with zero attached hydrogens (tertiary/aromatic N) is 2. The molecule has 0 unspecified atom stereocenters. The monoisotopic (exact) mass is 315 g/mol. The molecule has 122 valence electrons. The highest BCUT2D eigenvalue weighted by Gasteiger charge is 2.26. The van der Waals surface area contributed by atoms with Gasteiger partial charge in [-0.15, -0.1) is 0 Å². The highest BCUT2D eigenvalue weighted by molar-refractivity contribution is 6.01. The van der Waals surface area contributed by atoms with Gasteiger partial charge < -0.3 is 4.90 Å². The summed E-state index contributed by atoms with van der Waals surface area (Å²) in [6.07, 6.45) is 4.91. The summed E-state index contributed by atoms with van der Waals surface area (Å²) in [4.78, 5) is 37.6. The van der Waals surface area contributed by atoms with Gasteiger partial charge >= 0.3 is 0 Å². The first-order chi connectivity index (χ1) is 11.1. The van der Waals surface area contributed by atoms with Crippen LogP contribution in [0, 0.1) is 0 Å². The van der Waals surface area contributed by atoms with Crippen molar-refractivity contribution in [2.75, 3.05) is 12.1 Å². The van der Waals surface area contributed by atoms with Crippen molar-refractivity contribution >= 4 is 23.4 Å². The van der Waals surface area contributed by atoms with Gasteiger partial charge in [0.25, 0.3) is 5.91 Å². The first-order valence-electron chi connectivity index (χ1n) is 8.06. The van der Waals surface area contributed by atoms with Crippen LogP contribution in [0.25, 0.3) is 0 Å². The Hall–Kier alpha value is -2.37. The van der Waals surface area contributed by atoms with Gasteiger partial charge in [-0.25, -0.2) is 5.01 Å². The second kappa shape index (κ2) is 6.40. The van der Waals surface area contributed by atoms with E-state index in [0.717, 1.165) is 12.8 Å². The summed E-state index contributed by atoms with van der Waals surface area (Å²) in [6, 6.07) is 7.12. The number of rotatable bonds is 3. The van der Waals surface area contributed by atoms with E-state index in [1.807, 2.05) is 11.9 Å². The lowest BCUT2D eigenvalue weighted by Crippen LogP contribution is -2.50. The average molecular weight is 315 g/mol. The standard InChI is InChI=1S/C17H21N3O3/c1-19(13-4-2-3-5-13)17(23)12-6-8-14(9-7-12)20-16(22)11-10-15(21)18-20/h6-9,13H,2-5,10-11H2,1H3,(H,18,21). The molecule has 3 rings (SSSR count). The summed E-state index contributed by atoms with van der Waals surface area (Å²) in [5.74, 6) is -0.324. The lowest BCUT2D eigenvalue weighted by Gasteiger charge is -2.27. The maximum atomic E-state index is 12.5. The molecule has 0 spiro atoms. The van der Waals surface area contributed by atoms with Gasteiger partial charge in [0.2, 0.25) is 11.8 Å². The Morgan fingerprint density at radius 2 is 1.78 bits per heavy atom. The van der Waals surface area contributed by atoms with Crippen molar-refractivity contribution in [1.29, 1.82) is 0 Å². The van der Waals surface area contributed by atoms with Crippen LogP contribution in [-0.4, -0.2) is 35.7 Å². The number of amides is 3. The lowest BCUT2D eigenvalue weighted by molar-refractivity contribution is -0.130. The molecule has 0 bridgehead atoms. The van der Waals surface area contributed by atoms with Crippen molar-refractivity contribution in [1.82, 2.24) is 10.3 Å². The van der Waals surface area contributed by atoms with Crippen LogP contribution in [0.3, 0.4) is 0 Å². The van der Waals surface area contributed by atoms with E-state index < -0.39 is 0 Å². The number of hydrogen-bond acceptors (Lipinski definition) is 3. The van der Waals surface area contributed by atoms with E-state index in [2.05, 4.69) is 5.43 Å². The summed E-state index contributed by atoms with van der Waals surface area (Å²) in [6.45, 7) is 0. The number of anilines is 1. The third-order valence-electron chi connectivity index (χ3n) is 4.62. The topological polar surface area (TPSA) is 69.7 Å². The molecule has 1 aromatic carbocycles. The molecule has 6 nitrogen and oxygen atoms in total.